The van der Waals surface area contributed by atoms with Crippen molar-refractivity contribution in [2.45, 2.75) is 36.6 Å². The summed E-state index contributed by atoms with van der Waals surface area (Å²) in [7, 11) is -7.61. The summed E-state index contributed by atoms with van der Waals surface area (Å²) >= 11 is 2.21. The fourth-order valence-corrected chi connectivity index (χ4v) is 6.87. The Morgan fingerprint density at radius 2 is 1.23 bits per heavy atom. The minimum absolute atomic E-state index is 0.0108. The van der Waals surface area contributed by atoms with Crippen LogP contribution in [0, 0.1) is 17.4 Å². The van der Waals surface area contributed by atoms with Gasteiger partial charge in [0.05, 0.1) is 9.79 Å². The quantitative estimate of drug-likeness (QED) is 0.416. The van der Waals surface area contributed by atoms with Gasteiger partial charge in [0.1, 0.15) is 0 Å². The first kappa shape index (κ1) is 22.9. The van der Waals surface area contributed by atoms with Gasteiger partial charge in [-0.3, -0.25) is 0 Å². The maximum atomic E-state index is 13.9. The number of nitrogens with one attached hydrogen (secondary N) is 1. The third-order valence-electron chi connectivity index (χ3n) is 4.57. The van der Waals surface area contributed by atoms with E-state index in [4.69, 9.17) is 0 Å². The number of nitrogens with zero attached hydrogens (tertiary/aromatic N) is 1. The number of rotatable bonds is 6. The molecule has 0 aliphatic rings. The molecule has 3 rings (SSSR count). The van der Waals surface area contributed by atoms with Crippen LogP contribution in [0.3, 0.4) is 0 Å². The molecule has 158 valence electrons. The summed E-state index contributed by atoms with van der Waals surface area (Å²) in [6.45, 7) is 5.62. The topological polar surface area (TPSA) is 75.6 Å². The van der Waals surface area contributed by atoms with Crippen molar-refractivity contribution in [1.82, 2.24) is 4.72 Å². The highest BCUT2D eigenvalue weighted by Crippen LogP contribution is 2.23. The van der Waals surface area contributed by atoms with Gasteiger partial charge in [0.25, 0.3) is 10.0 Å². The minimum Gasteiger partial charge on any atom is -0.228 e. The molecule has 0 spiro atoms. The van der Waals surface area contributed by atoms with E-state index in [2.05, 4.69) is 31.1 Å². The number of halogens is 1. The monoisotopic (exact) mass is 554 g/mol. The Morgan fingerprint density at radius 3 is 1.73 bits per heavy atom. The molecule has 3 aromatic rings. The van der Waals surface area contributed by atoms with Crippen molar-refractivity contribution in [2.24, 2.45) is 3.77 Å². The second kappa shape index (κ2) is 9.17. The lowest BCUT2D eigenvalue weighted by atomic mass is 10.1. The first-order chi connectivity index (χ1) is 14.1. The van der Waals surface area contributed by atoms with E-state index in [1.807, 2.05) is 45.0 Å². The fourth-order valence-electron chi connectivity index (χ4n) is 2.81. The maximum Gasteiger partial charge on any atom is 0.291 e. The molecule has 0 saturated carbocycles. The summed E-state index contributed by atoms with van der Waals surface area (Å²) in [5, 5.41) is 0. The molecule has 0 aromatic heterocycles. The minimum atomic E-state index is -4.14. The van der Waals surface area contributed by atoms with Gasteiger partial charge in [-0.2, -0.15) is 8.42 Å². The molecule has 8 heteroatoms. The van der Waals surface area contributed by atoms with E-state index in [0.29, 0.717) is 4.90 Å². The van der Waals surface area contributed by atoms with Gasteiger partial charge in [-0.1, -0.05) is 51.3 Å². The van der Waals surface area contributed by atoms with E-state index in [1.165, 1.54) is 12.1 Å². The summed E-state index contributed by atoms with van der Waals surface area (Å²) in [6.07, 6.45) is 0. The molecule has 30 heavy (non-hydrogen) atoms. The van der Waals surface area contributed by atoms with Crippen molar-refractivity contribution in [3.8, 4) is 0 Å². The van der Waals surface area contributed by atoms with Gasteiger partial charge in [-0.25, -0.2) is 8.93 Å². The first-order valence-electron chi connectivity index (χ1n) is 9.29. The number of sulfonamides is 1. The summed E-state index contributed by atoms with van der Waals surface area (Å²) < 4.78 is 47.9. The van der Waals surface area contributed by atoms with Crippen LogP contribution in [0.2, 0.25) is 0 Å². The van der Waals surface area contributed by atoms with Gasteiger partial charge in [0, 0.05) is 9.61 Å². The highest BCUT2D eigenvalue weighted by Gasteiger charge is 2.23. The largest absolute Gasteiger partial charge is 0.291 e. The van der Waals surface area contributed by atoms with E-state index in [1.54, 1.807) is 36.4 Å². The molecule has 0 bridgehead atoms. The van der Waals surface area contributed by atoms with Crippen molar-refractivity contribution in [1.29, 1.82) is 0 Å². The molecule has 0 fully saturated rings. The van der Waals surface area contributed by atoms with Crippen LogP contribution in [0.5, 0.6) is 0 Å². The third kappa shape index (κ3) is 5.48. The number of aryl methyl sites for hydroxylation is 2. The van der Waals surface area contributed by atoms with Gasteiger partial charge in [-0.05, 0) is 85.3 Å². The Labute approximate surface area is 192 Å². The number of hydrogen-bond donors (Lipinski definition) is 1. The van der Waals surface area contributed by atoms with Gasteiger partial charge in [-0.15, -0.1) is 0 Å². The SMILES string of the molecule is Cc1ccc(S(=O)(=O)N=S(=O)(N[C@H](C)c2ccc(I)cc2)c2ccc(C)cc2)cc1. The summed E-state index contributed by atoms with van der Waals surface area (Å²) in [5.74, 6) is 0. The van der Waals surface area contributed by atoms with Crippen LogP contribution in [-0.2, 0) is 19.9 Å². The van der Waals surface area contributed by atoms with Crippen molar-refractivity contribution < 1.29 is 12.6 Å². The molecular weight excluding hydrogens is 531 g/mol. The van der Waals surface area contributed by atoms with E-state index < -0.39 is 19.9 Å². The van der Waals surface area contributed by atoms with Crippen molar-refractivity contribution >= 4 is 42.5 Å². The summed E-state index contributed by atoms with van der Waals surface area (Å²) in [5.41, 5.74) is 2.80. The van der Waals surface area contributed by atoms with Crippen molar-refractivity contribution in [2.75, 3.05) is 0 Å². The van der Waals surface area contributed by atoms with Crippen LogP contribution in [-0.4, -0.2) is 12.6 Å². The Hall–Kier alpha value is -1.75. The third-order valence-corrected chi connectivity index (χ3v) is 9.36. The molecule has 0 heterocycles. The molecule has 0 saturated heterocycles. The van der Waals surface area contributed by atoms with Gasteiger partial charge in [0.15, 0.2) is 9.92 Å². The van der Waals surface area contributed by atoms with Crippen LogP contribution in [0.25, 0.3) is 0 Å². The van der Waals surface area contributed by atoms with E-state index in [-0.39, 0.29) is 10.9 Å². The molecule has 1 unspecified atom stereocenters. The van der Waals surface area contributed by atoms with Gasteiger partial charge < -0.3 is 0 Å². The van der Waals surface area contributed by atoms with Crippen LogP contribution < -0.4 is 4.72 Å². The zero-order valence-electron chi connectivity index (χ0n) is 16.9. The average Bonchev–Trinajstić information content (AvgIpc) is 2.68. The van der Waals surface area contributed by atoms with Crippen LogP contribution in [0.4, 0.5) is 0 Å². The molecule has 0 radical (unpaired) electrons. The normalized spacial score (nSPS) is 14.7. The molecule has 5 nitrogen and oxygen atoms in total. The zero-order valence-corrected chi connectivity index (χ0v) is 20.7. The highest BCUT2D eigenvalue weighted by molar-refractivity contribution is 14.1. The smallest absolute Gasteiger partial charge is 0.228 e. The molecule has 0 amide bonds. The van der Waals surface area contributed by atoms with Crippen molar-refractivity contribution in [3.63, 3.8) is 0 Å². The van der Waals surface area contributed by atoms with E-state index >= 15 is 0 Å². The molecular formula is C22H23IN2O3S2. The van der Waals surface area contributed by atoms with Gasteiger partial charge >= 0.3 is 0 Å². The Kier molecular flexibility index (Phi) is 7.01. The Bertz CT molecular complexity index is 1250. The Balaban J connectivity index is 2.11. The van der Waals surface area contributed by atoms with E-state index in [0.717, 1.165) is 20.3 Å². The van der Waals surface area contributed by atoms with Gasteiger partial charge in [0.2, 0.25) is 0 Å². The van der Waals surface area contributed by atoms with Crippen LogP contribution in [0.1, 0.15) is 29.7 Å². The molecule has 2 atom stereocenters. The number of benzene rings is 3. The molecule has 0 aliphatic carbocycles. The Morgan fingerprint density at radius 1 is 0.767 bits per heavy atom. The maximum absolute atomic E-state index is 13.9. The summed E-state index contributed by atoms with van der Waals surface area (Å²) in [4.78, 5) is 0.331. The zero-order chi connectivity index (χ0) is 21.9. The lowest BCUT2D eigenvalue weighted by molar-refractivity contribution is 0.597. The van der Waals surface area contributed by atoms with Crippen LogP contribution in [0.15, 0.2) is 86.4 Å². The van der Waals surface area contributed by atoms with Crippen molar-refractivity contribution in [3.05, 3.63) is 93.1 Å². The second-order valence-electron chi connectivity index (χ2n) is 7.09. The lowest BCUT2D eigenvalue weighted by Gasteiger charge is -2.19. The average molecular weight is 554 g/mol. The van der Waals surface area contributed by atoms with E-state index in [9.17, 15) is 12.6 Å². The summed E-state index contributed by atoms with van der Waals surface area (Å²) in [6, 6.07) is 20.6. The number of hydrogen-bond acceptors (Lipinski definition) is 3. The fraction of sp³-hybridized carbons (Fsp3) is 0.182. The lowest BCUT2D eigenvalue weighted by Crippen LogP contribution is -2.28. The predicted octanol–water partition coefficient (Wildman–Crippen LogP) is 5.39. The van der Waals surface area contributed by atoms with Crippen LogP contribution >= 0.6 is 22.6 Å². The second-order valence-corrected chi connectivity index (χ2v) is 12.1. The first-order valence-corrected chi connectivity index (χ1v) is 13.3. The molecule has 1 N–H and O–H groups in total. The molecule has 3 aromatic carbocycles. The predicted molar refractivity (Wildman–Crippen MR) is 129 cm³/mol. The highest BCUT2D eigenvalue weighted by atomic mass is 127. The molecule has 0 aliphatic heterocycles. The standard InChI is InChI=1S/C22H23IN2O3S2/c1-16-4-12-21(13-5-16)29(26,24-18(3)19-8-10-20(23)11-9-19)25-30(27,28)22-14-6-17(2)7-15-22/h4-15,18H,1-3H3,(H,24,25,26)/t18-,29?/m1/s1.